The van der Waals surface area contributed by atoms with Gasteiger partial charge in [0.05, 0.1) is 6.54 Å². The highest BCUT2D eigenvalue weighted by molar-refractivity contribution is 7.10. The fourth-order valence-electron chi connectivity index (χ4n) is 1.70. The van der Waals surface area contributed by atoms with Crippen LogP contribution in [0.1, 0.15) is 23.3 Å². The Morgan fingerprint density at radius 2 is 2.33 bits per heavy atom. The van der Waals surface area contributed by atoms with Crippen LogP contribution in [0.4, 0.5) is 0 Å². The van der Waals surface area contributed by atoms with Crippen LogP contribution in [0, 0.1) is 6.92 Å². The maximum absolute atomic E-state index is 12.1. The van der Waals surface area contributed by atoms with E-state index in [4.69, 9.17) is 0 Å². The van der Waals surface area contributed by atoms with Gasteiger partial charge in [-0.2, -0.15) is 5.10 Å². The third-order valence-electron chi connectivity index (χ3n) is 2.85. The molecule has 1 aromatic rings. The van der Waals surface area contributed by atoms with E-state index in [1.54, 1.807) is 23.3 Å². The number of hydrazone groups is 1. The Morgan fingerprint density at radius 1 is 1.56 bits per heavy atom. The standard InChI is InChI=1S/C12H15N3O2S/c1-8-5-6-18-10(8)7-15(2)12(17)9-3-4-11(16)14-13-9/h5-6H,3-4,7H2,1-2H3,(H,14,16). The molecule has 0 saturated heterocycles. The maximum atomic E-state index is 12.1. The van der Waals surface area contributed by atoms with Gasteiger partial charge in [0.1, 0.15) is 5.71 Å². The quantitative estimate of drug-likeness (QED) is 0.895. The molecule has 2 heterocycles. The Morgan fingerprint density at radius 3 is 2.89 bits per heavy atom. The number of nitrogens with zero attached hydrogens (tertiary/aromatic N) is 2. The van der Waals surface area contributed by atoms with Crippen LogP contribution in [0.15, 0.2) is 16.5 Å². The van der Waals surface area contributed by atoms with Gasteiger partial charge in [-0.05, 0) is 23.9 Å². The molecule has 0 spiro atoms. The van der Waals surface area contributed by atoms with Crippen molar-refractivity contribution in [2.45, 2.75) is 26.3 Å². The SMILES string of the molecule is Cc1ccsc1CN(C)C(=O)C1=NNC(=O)CC1. The van der Waals surface area contributed by atoms with Gasteiger partial charge in [-0.1, -0.05) is 0 Å². The number of rotatable bonds is 3. The van der Waals surface area contributed by atoms with Gasteiger partial charge in [0.15, 0.2) is 0 Å². The van der Waals surface area contributed by atoms with Gasteiger partial charge in [-0.15, -0.1) is 11.3 Å². The maximum Gasteiger partial charge on any atom is 0.270 e. The molecule has 0 aromatic carbocycles. The molecule has 2 rings (SSSR count). The monoisotopic (exact) mass is 265 g/mol. The minimum atomic E-state index is -0.136. The third kappa shape index (κ3) is 2.76. The average molecular weight is 265 g/mol. The average Bonchev–Trinajstić information content (AvgIpc) is 2.75. The van der Waals surface area contributed by atoms with Gasteiger partial charge in [-0.3, -0.25) is 9.59 Å². The molecule has 96 valence electrons. The molecule has 5 nitrogen and oxygen atoms in total. The van der Waals surface area contributed by atoms with E-state index in [9.17, 15) is 9.59 Å². The Kier molecular flexibility index (Phi) is 3.76. The van der Waals surface area contributed by atoms with Crippen molar-refractivity contribution in [1.29, 1.82) is 0 Å². The third-order valence-corrected chi connectivity index (χ3v) is 3.85. The van der Waals surface area contributed by atoms with E-state index >= 15 is 0 Å². The van der Waals surface area contributed by atoms with Gasteiger partial charge in [0, 0.05) is 24.8 Å². The molecule has 2 amide bonds. The van der Waals surface area contributed by atoms with Crippen molar-refractivity contribution in [3.63, 3.8) is 0 Å². The van der Waals surface area contributed by atoms with Crippen LogP contribution in [0.2, 0.25) is 0 Å². The predicted octanol–water partition coefficient (Wildman–Crippen LogP) is 1.28. The number of hydrogen-bond acceptors (Lipinski definition) is 4. The molecule has 0 fully saturated rings. The van der Waals surface area contributed by atoms with Gasteiger partial charge >= 0.3 is 0 Å². The normalized spacial score (nSPS) is 15.0. The summed E-state index contributed by atoms with van der Waals surface area (Å²) in [5.74, 6) is -0.258. The summed E-state index contributed by atoms with van der Waals surface area (Å²) in [5.41, 5.74) is 3.96. The first-order valence-electron chi connectivity index (χ1n) is 5.72. The van der Waals surface area contributed by atoms with Crippen molar-refractivity contribution in [1.82, 2.24) is 10.3 Å². The van der Waals surface area contributed by atoms with Crippen LogP contribution >= 0.6 is 11.3 Å². The lowest BCUT2D eigenvalue weighted by molar-refractivity contribution is -0.124. The molecule has 0 aliphatic carbocycles. The number of amides is 2. The van der Waals surface area contributed by atoms with Crippen LogP contribution in [-0.2, 0) is 16.1 Å². The fourth-order valence-corrected chi connectivity index (χ4v) is 2.66. The van der Waals surface area contributed by atoms with Crippen LogP contribution in [0.3, 0.4) is 0 Å². The summed E-state index contributed by atoms with van der Waals surface area (Å²) < 4.78 is 0. The van der Waals surface area contributed by atoms with Crippen molar-refractivity contribution in [2.75, 3.05) is 7.05 Å². The molecule has 0 atom stereocenters. The zero-order valence-corrected chi connectivity index (χ0v) is 11.2. The predicted molar refractivity (Wildman–Crippen MR) is 70.3 cm³/mol. The van der Waals surface area contributed by atoms with Crippen molar-refractivity contribution in [3.05, 3.63) is 21.9 Å². The van der Waals surface area contributed by atoms with Crippen molar-refractivity contribution in [3.8, 4) is 0 Å². The number of aryl methyl sites for hydroxylation is 1. The Labute approximate surface area is 109 Å². The Bertz CT molecular complexity index is 507. The first-order chi connectivity index (χ1) is 8.58. The van der Waals surface area contributed by atoms with E-state index < -0.39 is 0 Å². The zero-order valence-electron chi connectivity index (χ0n) is 10.4. The molecule has 6 heteroatoms. The first-order valence-corrected chi connectivity index (χ1v) is 6.59. The van der Waals surface area contributed by atoms with Gasteiger partial charge < -0.3 is 4.90 Å². The number of carbonyl (C=O) groups excluding carboxylic acids is 2. The Hall–Kier alpha value is -1.69. The highest BCUT2D eigenvalue weighted by Crippen LogP contribution is 2.17. The molecular formula is C12H15N3O2S. The summed E-state index contributed by atoms with van der Waals surface area (Å²) in [6.07, 6.45) is 0.745. The van der Waals surface area contributed by atoms with E-state index in [2.05, 4.69) is 10.5 Å². The molecule has 0 radical (unpaired) electrons. The number of thiophene rings is 1. The van der Waals surface area contributed by atoms with Crippen LogP contribution in [-0.4, -0.2) is 29.5 Å². The van der Waals surface area contributed by atoms with E-state index in [1.807, 2.05) is 18.4 Å². The van der Waals surface area contributed by atoms with E-state index in [0.717, 1.165) is 0 Å². The van der Waals surface area contributed by atoms with Crippen molar-refractivity contribution < 1.29 is 9.59 Å². The molecule has 1 aliphatic rings. The summed E-state index contributed by atoms with van der Waals surface area (Å²) in [4.78, 5) is 25.9. The largest absolute Gasteiger partial charge is 0.335 e. The van der Waals surface area contributed by atoms with Gasteiger partial charge in [-0.25, -0.2) is 5.43 Å². The lowest BCUT2D eigenvalue weighted by Crippen LogP contribution is -2.37. The van der Waals surface area contributed by atoms with Crippen LogP contribution in [0.5, 0.6) is 0 Å². The second-order valence-electron chi connectivity index (χ2n) is 4.28. The first kappa shape index (κ1) is 12.8. The number of carbonyl (C=O) groups is 2. The van der Waals surface area contributed by atoms with Crippen molar-refractivity contribution >= 4 is 28.9 Å². The fraction of sp³-hybridized carbons (Fsp3) is 0.417. The van der Waals surface area contributed by atoms with Gasteiger partial charge in [0.2, 0.25) is 5.91 Å². The highest BCUT2D eigenvalue weighted by atomic mass is 32.1. The van der Waals surface area contributed by atoms with Gasteiger partial charge in [0.25, 0.3) is 5.91 Å². The summed E-state index contributed by atoms with van der Waals surface area (Å²) in [5, 5.41) is 5.83. The highest BCUT2D eigenvalue weighted by Gasteiger charge is 2.21. The molecule has 0 saturated carbocycles. The van der Waals surface area contributed by atoms with E-state index in [-0.39, 0.29) is 11.8 Å². The molecule has 0 unspecified atom stereocenters. The zero-order chi connectivity index (χ0) is 13.1. The smallest absolute Gasteiger partial charge is 0.270 e. The van der Waals surface area contributed by atoms with E-state index in [1.165, 1.54) is 10.4 Å². The minimum Gasteiger partial charge on any atom is -0.335 e. The molecular weight excluding hydrogens is 250 g/mol. The summed E-state index contributed by atoms with van der Waals surface area (Å²) in [6, 6.07) is 2.04. The molecule has 0 bridgehead atoms. The Balaban J connectivity index is 2.01. The summed E-state index contributed by atoms with van der Waals surface area (Å²) in [6.45, 7) is 2.61. The molecule has 1 N–H and O–H groups in total. The minimum absolute atomic E-state index is 0.122. The molecule has 18 heavy (non-hydrogen) atoms. The summed E-state index contributed by atoms with van der Waals surface area (Å²) >= 11 is 1.64. The van der Waals surface area contributed by atoms with E-state index in [0.29, 0.717) is 25.1 Å². The topological polar surface area (TPSA) is 61.8 Å². The molecule has 1 aliphatic heterocycles. The van der Waals surface area contributed by atoms with Crippen LogP contribution < -0.4 is 5.43 Å². The van der Waals surface area contributed by atoms with Crippen molar-refractivity contribution in [2.24, 2.45) is 5.10 Å². The summed E-state index contributed by atoms with van der Waals surface area (Å²) in [7, 11) is 1.75. The second-order valence-corrected chi connectivity index (χ2v) is 5.28. The lowest BCUT2D eigenvalue weighted by atomic mass is 10.1. The molecule has 1 aromatic heterocycles. The lowest BCUT2D eigenvalue weighted by Gasteiger charge is -2.19. The number of hydrogen-bond donors (Lipinski definition) is 1. The second kappa shape index (κ2) is 5.30. The van der Waals surface area contributed by atoms with Crippen LogP contribution in [0.25, 0.3) is 0 Å². The number of nitrogens with one attached hydrogen (secondary N) is 1.